The predicted molar refractivity (Wildman–Crippen MR) is 285 cm³/mol. The maximum Gasteiger partial charge on any atom is 0.220 e. The molecule has 0 aromatic heterocycles. The van der Waals surface area contributed by atoms with E-state index in [1.54, 1.807) is 6.08 Å². The zero-order valence-corrected chi connectivity index (χ0v) is 43.6. The molecule has 1 amide bonds. The van der Waals surface area contributed by atoms with Crippen molar-refractivity contribution in [2.75, 3.05) is 19.8 Å². The van der Waals surface area contributed by atoms with Crippen molar-refractivity contribution in [3.05, 3.63) is 109 Å². The molecule has 2 heterocycles. The summed E-state index contributed by atoms with van der Waals surface area (Å²) in [6.45, 7) is 2.53. The minimum atomic E-state index is -1.80. The van der Waals surface area contributed by atoms with Gasteiger partial charge >= 0.3 is 0 Å². The summed E-state index contributed by atoms with van der Waals surface area (Å²) in [5.41, 5.74) is 0. The van der Waals surface area contributed by atoms with Crippen LogP contribution in [-0.2, 0) is 23.7 Å². The van der Waals surface area contributed by atoms with Gasteiger partial charge in [0.2, 0.25) is 5.91 Å². The average molecular weight is 1010 g/mol. The molecule has 0 saturated carbocycles. The Bertz CT molecular complexity index is 1620. The van der Waals surface area contributed by atoms with E-state index in [-0.39, 0.29) is 18.9 Å². The van der Waals surface area contributed by atoms with Crippen LogP contribution in [0.15, 0.2) is 109 Å². The van der Waals surface area contributed by atoms with Crippen LogP contribution in [0.25, 0.3) is 0 Å². The highest BCUT2D eigenvalue weighted by molar-refractivity contribution is 5.76. The zero-order valence-electron chi connectivity index (χ0n) is 43.6. The molecule has 0 radical (unpaired) electrons. The highest BCUT2D eigenvalue weighted by Gasteiger charge is 2.51. The molecule has 0 aliphatic carbocycles. The molecule has 410 valence electrons. The molecule has 2 saturated heterocycles. The van der Waals surface area contributed by atoms with Crippen LogP contribution in [0.3, 0.4) is 0 Å². The van der Waals surface area contributed by atoms with Gasteiger partial charge in [0.15, 0.2) is 12.6 Å². The second-order valence-corrected chi connectivity index (χ2v) is 18.6. The quantitative estimate of drug-likeness (QED) is 0.0209. The fourth-order valence-electron chi connectivity index (χ4n) is 8.04. The van der Waals surface area contributed by atoms with E-state index in [1.165, 1.54) is 19.3 Å². The van der Waals surface area contributed by atoms with Gasteiger partial charge in [0.1, 0.15) is 48.8 Å². The van der Waals surface area contributed by atoms with Crippen LogP contribution in [0, 0.1) is 0 Å². The lowest BCUT2D eigenvalue weighted by atomic mass is 9.97. The van der Waals surface area contributed by atoms with Crippen molar-refractivity contribution in [3.8, 4) is 0 Å². The Morgan fingerprint density at radius 3 is 1.51 bits per heavy atom. The third-order valence-corrected chi connectivity index (χ3v) is 12.4. The van der Waals surface area contributed by atoms with Gasteiger partial charge in [-0.3, -0.25) is 4.79 Å². The maximum atomic E-state index is 13.2. The van der Waals surface area contributed by atoms with Crippen LogP contribution in [-0.4, -0.2) is 140 Å². The van der Waals surface area contributed by atoms with E-state index < -0.39 is 86.8 Å². The smallest absolute Gasteiger partial charge is 0.220 e. The number of allylic oxidation sites excluding steroid dienone is 17. The number of aliphatic hydroxyl groups excluding tert-OH is 8. The van der Waals surface area contributed by atoms with Gasteiger partial charge in [-0.05, 0) is 89.9 Å². The second kappa shape index (κ2) is 42.9. The van der Waals surface area contributed by atoms with E-state index in [2.05, 4.69) is 116 Å². The summed E-state index contributed by atoms with van der Waals surface area (Å²) in [7, 11) is 0. The molecule has 0 aromatic rings. The SMILES string of the molecule is CC/C=C\C/C=C\C/C=C\C/C=C\C/C=C\C/C=C\CCCCCCCCCCC(=O)NC(COC1OC(CO)C(OC2OC(CO)C(O)C(O)C2O)C(O)C1O)C(O)/C=C/CC/C=C/CC/C=C/CCC. The Hall–Kier alpha value is -3.35. The summed E-state index contributed by atoms with van der Waals surface area (Å²) in [6, 6.07) is -0.948. The third-order valence-electron chi connectivity index (χ3n) is 12.4. The van der Waals surface area contributed by atoms with Crippen LogP contribution < -0.4 is 5.32 Å². The number of amides is 1. The number of carbonyl (C=O) groups is 1. The summed E-state index contributed by atoms with van der Waals surface area (Å²) in [5, 5.41) is 86.7. The summed E-state index contributed by atoms with van der Waals surface area (Å²) >= 11 is 0. The molecule has 2 aliphatic rings. The first-order valence-electron chi connectivity index (χ1n) is 27.1. The summed E-state index contributed by atoms with van der Waals surface area (Å²) < 4.78 is 22.7. The molecule has 9 N–H and O–H groups in total. The molecule has 2 rings (SSSR count). The first-order valence-corrected chi connectivity index (χ1v) is 27.1. The Morgan fingerprint density at radius 2 is 0.972 bits per heavy atom. The Balaban J connectivity index is 1.75. The van der Waals surface area contributed by atoms with Crippen molar-refractivity contribution >= 4 is 5.91 Å². The number of unbranched alkanes of at least 4 members (excludes halogenated alkanes) is 11. The molecule has 12 atom stereocenters. The lowest BCUT2D eigenvalue weighted by molar-refractivity contribution is -0.359. The van der Waals surface area contributed by atoms with Crippen molar-refractivity contribution in [2.24, 2.45) is 0 Å². The highest BCUT2D eigenvalue weighted by atomic mass is 16.7. The van der Waals surface area contributed by atoms with Crippen molar-refractivity contribution in [2.45, 2.75) is 229 Å². The van der Waals surface area contributed by atoms with Crippen molar-refractivity contribution in [1.29, 1.82) is 0 Å². The third kappa shape index (κ3) is 28.9. The fraction of sp³-hybridized carbons (Fsp3) is 0.672. The molecule has 0 aromatic carbocycles. The fourth-order valence-corrected chi connectivity index (χ4v) is 8.04. The van der Waals surface area contributed by atoms with Gasteiger partial charge in [0.05, 0.1) is 32.0 Å². The second-order valence-electron chi connectivity index (χ2n) is 18.6. The van der Waals surface area contributed by atoms with E-state index in [9.17, 15) is 45.6 Å². The molecule has 12 unspecified atom stereocenters. The van der Waals surface area contributed by atoms with Gasteiger partial charge in [-0.2, -0.15) is 0 Å². The molecule has 72 heavy (non-hydrogen) atoms. The number of carbonyl (C=O) groups excluding carboxylic acids is 1. The standard InChI is InChI=1S/C58H95NO13/c1-3-5-7-9-11-13-15-16-17-18-19-20-21-22-23-24-25-26-27-28-29-30-32-34-36-38-40-42-50(63)59-46(47(62)41-39-37-35-33-31-14-12-10-8-6-4-2)45-69-57-55(68)53(66)56(49(44-61)71-57)72-58-54(67)52(65)51(64)48(43-60)70-58/h5,7-8,10-11,13,16-17,19-20,22-23,25-26,31,33,39,41,46-49,51-58,60-62,64-68H,3-4,6,9,12,14-15,18,21,24,27-30,32,34-38,40,42-45H2,1-2H3,(H,59,63)/b7-5-,10-8+,13-11-,17-16-,20-19-,23-22-,26-25-,33-31+,41-39+. The first-order chi connectivity index (χ1) is 35.1. The zero-order chi connectivity index (χ0) is 52.4. The van der Waals surface area contributed by atoms with Crippen LogP contribution in [0.4, 0.5) is 0 Å². The maximum absolute atomic E-state index is 13.2. The van der Waals surface area contributed by atoms with E-state index in [0.29, 0.717) is 12.8 Å². The van der Waals surface area contributed by atoms with Gasteiger partial charge < -0.3 is 65.1 Å². The minimum absolute atomic E-state index is 0.252. The molecule has 2 fully saturated rings. The van der Waals surface area contributed by atoms with Crippen LogP contribution in [0.5, 0.6) is 0 Å². The van der Waals surface area contributed by atoms with Gasteiger partial charge in [-0.15, -0.1) is 0 Å². The predicted octanol–water partition coefficient (Wildman–Crippen LogP) is 8.10. The summed E-state index contributed by atoms with van der Waals surface area (Å²) in [4.78, 5) is 13.2. The van der Waals surface area contributed by atoms with E-state index in [4.69, 9.17) is 18.9 Å². The van der Waals surface area contributed by atoms with Crippen molar-refractivity contribution in [3.63, 3.8) is 0 Å². The molecular formula is C58H95NO13. The Kier molecular flexibility index (Phi) is 38.6. The minimum Gasteiger partial charge on any atom is -0.394 e. The molecule has 14 heteroatoms. The topological polar surface area (TPSA) is 228 Å². The number of ether oxygens (including phenoxy) is 4. The number of hydrogen-bond donors (Lipinski definition) is 9. The van der Waals surface area contributed by atoms with Crippen LogP contribution >= 0.6 is 0 Å². The number of aliphatic hydroxyl groups is 8. The first kappa shape index (κ1) is 64.8. The normalized spacial score (nSPS) is 26.5. The Morgan fingerprint density at radius 1 is 0.514 bits per heavy atom. The van der Waals surface area contributed by atoms with Crippen molar-refractivity contribution < 1.29 is 64.6 Å². The number of nitrogens with one attached hydrogen (secondary N) is 1. The molecular weight excluding hydrogens is 919 g/mol. The monoisotopic (exact) mass is 1010 g/mol. The van der Waals surface area contributed by atoms with Gasteiger partial charge in [-0.25, -0.2) is 0 Å². The van der Waals surface area contributed by atoms with Crippen LogP contribution in [0.2, 0.25) is 0 Å². The molecule has 0 spiro atoms. The summed E-state index contributed by atoms with van der Waals surface area (Å²) in [6.07, 6.45) is 42.8. The highest BCUT2D eigenvalue weighted by Crippen LogP contribution is 2.30. The van der Waals surface area contributed by atoms with E-state index in [1.807, 2.05) is 6.08 Å². The number of hydrogen-bond acceptors (Lipinski definition) is 13. The Labute approximate surface area is 432 Å². The van der Waals surface area contributed by atoms with Gasteiger partial charge in [-0.1, -0.05) is 168 Å². The van der Waals surface area contributed by atoms with Gasteiger partial charge in [0.25, 0.3) is 0 Å². The lowest BCUT2D eigenvalue weighted by Crippen LogP contribution is -2.65. The molecule has 2 aliphatic heterocycles. The summed E-state index contributed by atoms with van der Waals surface area (Å²) in [5.74, 6) is -0.271. The van der Waals surface area contributed by atoms with Crippen molar-refractivity contribution in [1.82, 2.24) is 5.32 Å². The lowest BCUT2D eigenvalue weighted by Gasteiger charge is -2.46. The number of rotatable bonds is 40. The molecule has 0 bridgehead atoms. The van der Waals surface area contributed by atoms with E-state index >= 15 is 0 Å². The van der Waals surface area contributed by atoms with Gasteiger partial charge in [0, 0.05) is 6.42 Å². The largest absolute Gasteiger partial charge is 0.394 e. The van der Waals surface area contributed by atoms with Crippen LogP contribution in [0.1, 0.15) is 155 Å². The molecule has 14 nitrogen and oxygen atoms in total. The average Bonchev–Trinajstić information content (AvgIpc) is 3.38. The van der Waals surface area contributed by atoms with E-state index in [0.717, 1.165) is 103 Å².